The number of para-hydroxylation sites is 1. The largest absolute Gasteiger partial charge is 0.478 e. The van der Waals surface area contributed by atoms with Crippen molar-refractivity contribution >= 4 is 16.9 Å². The number of hydrogen-bond donors (Lipinski definition) is 2. The Balaban J connectivity index is 2.19. The van der Waals surface area contributed by atoms with Gasteiger partial charge in [0.25, 0.3) is 0 Å². The average molecular weight is 216 g/mol. The minimum Gasteiger partial charge on any atom is -0.478 e. The van der Waals surface area contributed by atoms with Crippen molar-refractivity contribution < 1.29 is 9.90 Å². The number of benzene rings is 1. The minimum absolute atomic E-state index is 0.277. The SMILES string of the molecule is O=C(O)c1cccc2c(C3CCC3)[nH]nc12. The summed E-state index contributed by atoms with van der Waals surface area (Å²) in [6, 6.07) is 5.32. The van der Waals surface area contributed by atoms with Crippen molar-refractivity contribution in [2.75, 3.05) is 0 Å². The maximum Gasteiger partial charge on any atom is 0.337 e. The highest BCUT2D eigenvalue weighted by atomic mass is 16.4. The molecule has 1 fully saturated rings. The number of aromatic nitrogens is 2. The van der Waals surface area contributed by atoms with E-state index in [0.717, 1.165) is 11.1 Å². The number of H-pyrrole nitrogens is 1. The number of nitrogens with one attached hydrogen (secondary N) is 1. The summed E-state index contributed by atoms with van der Waals surface area (Å²) in [6.45, 7) is 0. The molecule has 3 rings (SSSR count). The van der Waals surface area contributed by atoms with Gasteiger partial charge in [0.15, 0.2) is 0 Å². The fourth-order valence-corrected chi connectivity index (χ4v) is 2.24. The molecule has 4 heteroatoms. The number of carboxylic acid groups (broad SMARTS) is 1. The maximum absolute atomic E-state index is 11.0. The van der Waals surface area contributed by atoms with Crippen LogP contribution in [0.15, 0.2) is 18.2 Å². The zero-order valence-corrected chi connectivity index (χ0v) is 8.73. The molecule has 2 N–H and O–H groups in total. The van der Waals surface area contributed by atoms with E-state index in [1.807, 2.05) is 6.07 Å². The molecule has 1 aromatic heterocycles. The summed E-state index contributed by atoms with van der Waals surface area (Å²) in [5.74, 6) is -0.383. The quantitative estimate of drug-likeness (QED) is 0.810. The molecule has 0 saturated heterocycles. The van der Waals surface area contributed by atoms with Gasteiger partial charge in [0, 0.05) is 17.0 Å². The summed E-state index contributed by atoms with van der Waals surface area (Å²) < 4.78 is 0. The Bertz CT molecular complexity index is 555. The molecule has 1 aliphatic carbocycles. The molecule has 2 aromatic rings. The first-order valence-electron chi connectivity index (χ1n) is 5.47. The Kier molecular flexibility index (Phi) is 1.96. The summed E-state index contributed by atoms with van der Waals surface area (Å²) in [6.07, 6.45) is 3.60. The molecule has 82 valence electrons. The Morgan fingerprint density at radius 2 is 2.25 bits per heavy atom. The highest BCUT2D eigenvalue weighted by Crippen LogP contribution is 2.38. The van der Waals surface area contributed by atoms with E-state index in [4.69, 9.17) is 5.11 Å². The number of nitrogens with zero attached hydrogens (tertiary/aromatic N) is 1. The van der Waals surface area contributed by atoms with Crippen LogP contribution in [0.1, 0.15) is 41.2 Å². The fourth-order valence-electron chi connectivity index (χ4n) is 2.24. The first kappa shape index (κ1) is 9.39. The third kappa shape index (κ3) is 1.23. The summed E-state index contributed by atoms with van der Waals surface area (Å²) in [5.41, 5.74) is 1.96. The molecule has 0 radical (unpaired) electrons. The van der Waals surface area contributed by atoms with Crippen LogP contribution in [-0.2, 0) is 0 Å². The Morgan fingerprint density at radius 3 is 2.88 bits per heavy atom. The number of fused-ring (bicyclic) bond motifs is 1. The van der Waals surface area contributed by atoms with E-state index < -0.39 is 5.97 Å². The predicted octanol–water partition coefficient (Wildman–Crippen LogP) is 2.53. The lowest BCUT2D eigenvalue weighted by molar-refractivity contribution is 0.0699. The molecule has 0 bridgehead atoms. The third-order valence-electron chi connectivity index (χ3n) is 3.36. The molecule has 1 aromatic carbocycles. The van der Waals surface area contributed by atoms with Crippen LogP contribution in [0.25, 0.3) is 10.9 Å². The Labute approximate surface area is 92.3 Å². The Morgan fingerprint density at radius 1 is 1.44 bits per heavy atom. The van der Waals surface area contributed by atoms with Crippen LogP contribution < -0.4 is 0 Å². The maximum atomic E-state index is 11.0. The van der Waals surface area contributed by atoms with E-state index in [1.165, 1.54) is 19.3 Å². The second-order valence-corrected chi connectivity index (χ2v) is 4.27. The van der Waals surface area contributed by atoms with Crippen LogP contribution in [-0.4, -0.2) is 21.3 Å². The van der Waals surface area contributed by atoms with Crippen LogP contribution in [0.3, 0.4) is 0 Å². The molecule has 0 aliphatic heterocycles. The summed E-state index contributed by atoms with van der Waals surface area (Å²) in [5, 5.41) is 17.1. The average Bonchev–Trinajstić information content (AvgIpc) is 2.59. The zero-order valence-electron chi connectivity index (χ0n) is 8.73. The fraction of sp³-hybridized carbons (Fsp3) is 0.333. The number of hydrogen-bond acceptors (Lipinski definition) is 2. The summed E-state index contributed by atoms with van der Waals surface area (Å²) >= 11 is 0. The van der Waals surface area contributed by atoms with Crippen LogP contribution >= 0.6 is 0 Å². The highest BCUT2D eigenvalue weighted by Gasteiger charge is 2.24. The van der Waals surface area contributed by atoms with Gasteiger partial charge in [0.2, 0.25) is 0 Å². The van der Waals surface area contributed by atoms with Crippen LogP contribution in [0.5, 0.6) is 0 Å². The van der Waals surface area contributed by atoms with Crippen molar-refractivity contribution in [3.05, 3.63) is 29.5 Å². The summed E-state index contributed by atoms with van der Waals surface area (Å²) in [7, 11) is 0. The number of aromatic carboxylic acids is 1. The topological polar surface area (TPSA) is 66.0 Å². The molecule has 0 unspecified atom stereocenters. The minimum atomic E-state index is -0.919. The second-order valence-electron chi connectivity index (χ2n) is 4.27. The molecule has 0 spiro atoms. The van der Waals surface area contributed by atoms with E-state index >= 15 is 0 Å². The van der Waals surface area contributed by atoms with Gasteiger partial charge in [0.1, 0.15) is 5.52 Å². The van der Waals surface area contributed by atoms with Crippen molar-refractivity contribution in [1.82, 2.24) is 10.2 Å². The standard InChI is InChI=1S/C12H12N2O2/c15-12(16)9-6-2-5-8-10(7-3-1-4-7)13-14-11(8)9/h2,5-7H,1,3-4H2,(H,13,14)(H,15,16). The first-order chi connectivity index (χ1) is 7.77. The number of carboxylic acids is 1. The lowest BCUT2D eigenvalue weighted by Crippen LogP contribution is -2.09. The van der Waals surface area contributed by atoms with E-state index in [0.29, 0.717) is 11.4 Å². The summed E-state index contributed by atoms with van der Waals surface area (Å²) in [4.78, 5) is 11.0. The van der Waals surface area contributed by atoms with E-state index in [9.17, 15) is 4.79 Å². The molecular weight excluding hydrogens is 204 g/mol. The van der Waals surface area contributed by atoms with Gasteiger partial charge < -0.3 is 5.11 Å². The van der Waals surface area contributed by atoms with Crippen molar-refractivity contribution in [1.29, 1.82) is 0 Å². The van der Waals surface area contributed by atoms with Gasteiger partial charge in [-0.15, -0.1) is 0 Å². The van der Waals surface area contributed by atoms with Crippen molar-refractivity contribution in [2.24, 2.45) is 0 Å². The van der Waals surface area contributed by atoms with E-state index in [2.05, 4.69) is 10.2 Å². The van der Waals surface area contributed by atoms with E-state index in [1.54, 1.807) is 12.1 Å². The monoisotopic (exact) mass is 216 g/mol. The van der Waals surface area contributed by atoms with Gasteiger partial charge in [-0.3, -0.25) is 5.10 Å². The highest BCUT2D eigenvalue weighted by molar-refractivity contribution is 6.02. The first-order valence-corrected chi connectivity index (χ1v) is 5.47. The van der Waals surface area contributed by atoms with Crippen LogP contribution in [0.2, 0.25) is 0 Å². The Hall–Kier alpha value is -1.84. The molecular formula is C12H12N2O2. The van der Waals surface area contributed by atoms with Gasteiger partial charge in [-0.25, -0.2) is 4.79 Å². The molecule has 4 nitrogen and oxygen atoms in total. The molecule has 16 heavy (non-hydrogen) atoms. The second kappa shape index (κ2) is 3.33. The van der Waals surface area contributed by atoms with Crippen LogP contribution in [0, 0.1) is 0 Å². The van der Waals surface area contributed by atoms with Crippen LogP contribution in [0.4, 0.5) is 0 Å². The lowest BCUT2D eigenvalue weighted by atomic mass is 9.82. The lowest BCUT2D eigenvalue weighted by Gasteiger charge is -2.24. The van der Waals surface area contributed by atoms with Crippen molar-refractivity contribution in [2.45, 2.75) is 25.2 Å². The van der Waals surface area contributed by atoms with Gasteiger partial charge in [-0.05, 0) is 18.9 Å². The van der Waals surface area contributed by atoms with E-state index in [-0.39, 0.29) is 5.56 Å². The van der Waals surface area contributed by atoms with Crippen molar-refractivity contribution in [3.8, 4) is 0 Å². The number of aromatic amines is 1. The zero-order chi connectivity index (χ0) is 11.1. The van der Waals surface area contributed by atoms with Crippen molar-refractivity contribution in [3.63, 3.8) is 0 Å². The van der Waals surface area contributed by atoms with Gasteiger partial charge in [-0.2, -0.15) is 5.10 Å². The molecule has 1 saturated carbocycles. The smallest absolute Gasteiger partial charge is 0.337 e. The van der Waals surface area contributed by atoms with Gasteiger partial charge in [-0.1, -0.05) is 18.6 Å². The number of carbonyl (C=O) groups is 1. The third-order valence-corrected chi connectivity index (χ3v) is 3.36. The molecule has 1 aliphatic rings. The molecule has 1 heterocycles. The molecule has 0 amide bonds. The predicted molar refractivity (Wildman–Crippen MR) is 59.6 cm³/mol. The number of rotatable bonds is 2. The normalized spacial score (nSPS) is 16.2. The molecule has 0 atom stereocenters. The van der Waals surface area contributed by atoms with Gasteiger partial charge in [0.05, 0.1) is 5.56 Å². The van der Waals surface area contributed by atoms with Gasteiger partial charge >= 0.3 is 5.97 Å².